The molecule has 0 radical (unpaired) electrons. The Morgan fingerprint density at radius 2 is 1.42 bits per heavy atom. The Bertz CT molecular complexity index is 1360. The standard InChI is InChI=1S/C39H58O10Si/c1-11-28(45-36-35-34(48-39(7,8)49-35)33-30(46-36)24-43-38(5,6)47-33)31(40)32(42-23-27-20-16-13-17-21-27)29(25-44-50(9,10)37(2,3)4)41-22-26-18-14-12-15-19-26/h11-21,28-36,40H,1,22-25H2,2-10H3/t28-,29-,30-,31-,32+,33-,34+,35+,36+/m1/s1. The number of fused-ring (bicyclic) bond motifs is 3. The molecule has 0 bridgehead atoms. The molecule has 50 heavy (non-hydrogen) atoms. The van der Waals surface area contributed by atoms with Crippen molar-refractivity contribution in [2.24, 2.45) is 0 Å². The van der Waals surface area contributed by atoms with E-state index in [0.29, 0.717) is 6.61 Å². The molecule has 0 amide bonds. The van der Waals surface area contributed by atoms with Crippen molar-refractivity contribution in [1.82, 2.24) is 0 Å². The number of aliphatic hydroxyl groups is 1. The van der Waals surface area contributed by atoms with Crippen molar-refractivity contribution in [2.75, 3.05) is 13.2 Å². The highest BCUT2D eigenvalue weighted by Gasteiger charge is 2.59. The third-order valence-electron chi connectivity index (χ3n) is 10.0. The quantitative estimate of drug-likeness (QED) is 0.162. The first kappa shape index (κ1) is 39.2. The molecule has 2 aromatic rings. The van der Waals surface area contributed by atoms with Gasteiger partial charge in [0.1, 0.15) is 48.8 Å². The molecule has 2 aromatic carbocycles. The maximum absolute atomic E-state index is 12.3. The Hall–Kier alpha value is -2.00. The lowest BCUT2D eigenvalue weighted by molar-refractivity contribution is -0.375. The smallest absolute Gasteiger partial charge is 0.192 e. The molecule has 3 aliphatic rings. The summed E-state index contributed by atoms with van der Waals surface area (Å²) in [7, 11) is -2.21. The van der Waals surface area contributed by atoms with Crippen LogP contribution in [0.4, 0.5) is 0 Å². The Kier molecular flexibility index (Phi) is 12.5. The van der Waals surface area contributed by atoms with Crippen LogP contribution in [0.3, 0.4) is 0 Å². The Labute approximate surface area is 299 Å². The van der Waals surface area contributed by atoms with Crippen LogP contribution in [0.25, 0.3) is 0 Å². The normalized spacial score (nSPS) is 28.6. The first-order valence-electron chi connectivity index (χ1n) is 17.7. The largest absolute Gasteiger partial charge is 0.414 e. The molecule has 10 nitrogen and oxygen atoms in total. The highest BCUT2D eigenvalue weighted by Crippen LogP contribution is 2.43. The third kappa shape index (κ3) is 9.70. The van der Waals surface area contributed by atoms with Crippen molar-refractivity contribution in [1.29, 1.82) is 0 Å². The molecular weight excluding hydrogens is 657 g/mol. The van der Waals surface area contributed by atoms with Crippen LogP contribution in [0.2, 0.25) is 18.1 Å². The van der Waals surface area contributed by atoms with Crippen molar-refractivity contribution >= 4 is 8.32 Å². The van der Waals surface area contributed by atoms with Gasteiger partial charge in [0.25, 0.3) is 0 Å². The average molecular weight is 715 g/mol. The minimum Gasteiger partial charge on any atom is -0.414 e. The minimum absolute atomic E-state index is 0.0334. The van der Waals surface area contributed by atoms with Gasteiger partial charge in [0, 0.05) is 0 Å². The van der Waals surface area contributed by atoms with E-state index < -0.39 is 75.0 Å². The van der Waals surface area contributed by atoms with Crippen LogP contribution < -0.4 is 0 Å². The Morgan fingerprint density at radius 1 is 0.860 bits per heavy atom. The molecule has 3 aliphatic heterocycles. The van der Waals surface area contributed by atoms with E-state index >= 15 is 0 Å². The summed E-state index contributed by atoms with van der Waals surface area (Å²) >= 11 is 0. The summed E-state index contributed by atoms with van der Waals surface area (Å²) in [4.78, 5) is 0. The maximum Gasteiger partial charge on any atom is 0.192 e. The van der Waals surface area contributed by atoms with Gasteiger partial charge in [0.05, 0.1) is 26.4 Å². The second-order valence-corrected chi connectivity index (χ2v) is 20.7. The molecule has 9 atom stereocenters. The number of aliphatic hydroxyl groups excluding tert-OH is 1. The summed E-state index contributed by atoms with van der Waals surface area (Å²) in [5, 5.41) is 12.2. The van der Waals surface area contributed by atoms with Crippen LogP contribution in [0.15, 0.2) is 73.3 Å². The number of ether oxygens (including phenoxy) is 8. The first-order chi connectivity index (χ1) is 23.5. The molecule has 3 heterocycles. The van der Waals surface area contributed by atoms with E-state index in [2.05, 4.69) is 40.4 Å². The summed E-state index contributed by atoms with van der Waals surface area (Å²) in [6, 6.07) is 19.8. The molecule has 0 aromatic heterocycles. The van der Waals surface area contributed by atoms with Gasteiger partial charge >= 0.3 is 0 Å². The molecule has 3 saturated heterocycles. The predicted octanol–water partition coefficient (Wildman–Crippen LogP) is 6.51. The van der Waals surface area contributed by atoms with Gasteiger partial charge in [0.2, 0.25) is 0 Å². The van der Waals surface area contributed by atoms with Gasteiger partial charge in [-0.3, -0.25) is 0 Å². The summed E-state index contributed by atoms with van der Waals surface area (Å²) in [5.41, 5.74) is 1.95. The molecule has 11 heteroatoms. The van der Waals surface area contributed by atoms with Crippen LogP contribution in [-0.2, 0) is 55.5 Å². The molecule has 0 aliphatic carbocycles. The lowest BCUT2D eigenvalue weighted by Crippen LogP contribution is -2.64. The van der Waals surface area contributed by atoms with Gasteiger partial charge in [-0.2, -0.15) is 0 Å². The lowest BCUT2D eigenvalue weighted by atomic mass is 9.97. The van der Waals surface area contributed by atoms with E-state index in [-0.39, 0.29) is 24.9 Å². The second-order valence-electron chi connectivity index (χ2n) is 15.9. The fourth-order valence-corrected chi connectivity index (χ4v) is 7.20. The van der Waals surface area contributed by atoms with E-state index in [1.807, 2.05) is 88.4 Å². The number of hydrogen-bond donors (Lipinski definition) is 1. The van der Waals surface area contributed by atoms with E-state index in [4.69, 9.17) is 42.3 Å². The average Bonchev–Trinajstić information content (AvgIpc) is 3.40. The fraction of sp³-hybridized carbons (Fsp3) is 0.641. The van der Waals surface area contributed by atoms with Crippen LogP contribution in [0.5, 0.6) is 0 Å². The number of hydrogen-bond acceptors (Lipinski definition) is 10. The number of benzene rings is 2. The summed E-state index contributed by atoms with van der Waals surface area (Å²) in [5.74, 6) is -1.70. The van der Waals surface area contributed by atoms with Gasteiger partial charge in [-0.25, -0.2) is 0 Å². The summed E-state index contributed by atoms with van der Waals surface area (Å²) < 4.78 is 57.8. The van der Waals surface area contributed by atoms with Gasteiger partial charge in [0.15, 0.2) is 26.2 Å². The molecule has 278 valence electrons. The lowest BCUT2D eigenvalue weighted by Gasteiger charge is -2.48. The Morgan fingerprint density at radius 3 is 2.00 bits per heavy atom. The van der Waals surface area contributed by atoms with Crippen molar-refractivity contribution < 1.29 is 47.4 Å². The zero-order valence-electron chi connectivity index (χ0n) is 31.2. The van der Waals surface area contributed by atoms with Crippen LogP contribution in [0.1, 0.15) is 59.6 Å². The number of rotatable bonds is 15. The van der Waals surface area contributed by atoms with Crippen molar-refractivity contribution in [2.45, 2.75) is 147 Å². The highest BCUT2D eigenvalue weighted by atomic mass is 28.4. The van der Waals surface area contributed by atoms with E-state index in [1.54, 1.807) is 6.08 Å². The SMILES string of the molecule is C=C[C@@H](O[C@H]1O[C@@H]2COC(C)(C)O[C@H]2[C@@H]2OC(C)(C)O[C@H]12)[C@@H](O)[C@@H](OCc1ccccc1)[C@@H](CO[Si](C)(C)C(C)(C)C)OCc1ccccc1. The van der Waals surface area contributed by atoms with E-state index in [9.17, 15) is 5.11 Å². The molecule has 0 saturated carbocycles. The summed E-state index contributed by atoms with van der Waals surface area (Å²) in [6.45, 7) is 23.5. The first-order valence-corrected chi connectivity index (χ1v) is 20.6. The van der Waals surface area contributed by atoms with Crippen LogP contribution >= 0.6 is 0 Å². The third-order valence-corrected chi connectivity index (χ3v) is 14.5. The van der Waals surface area contributed by atoms with Crippen molar-refractivity contribution in [3.8, 4) is 0 Å². The fourth-order valence-electron chi connectivity index (χ4n) is 6.18. The molecule has 0 spiro atoms. The van der Waals surface area contributed by atoms with Gasteiger partial charge in [-0.1, -0.05) is 87.5 Å². The monoisotopic (exact) mass is 714 g/mol. The molecule has 5 rings (SSSR count). The second kappa shape index (κ2) is 15.9. The molecule has 3 fully saturated rings. The van der Waals surface area contributed by atoms with Crippen molar-refractivity contribution in [3.05, 3.63) is 84.4 Å². The summed E-state index contributed by atoms with van der Waals surface area (Å²) in [6.07, 6.45) is -5.08. The maximum atomic E-state index is 12.3. The van der Waals surface area contributed by atoms with Crippen LogP contribution in [-0.4, -0.2) is 93.3 Å². The van der Waals surface area contributed by atoms with E-state index in [0.717, 1.165) is 11.1 Å². The topological polar surface area (TPSA) is 103 Å². The van der Waals surface area contributed by atoms with E-state index in [1.165, 1.54) is 0 Å². The van der Waals surface area contributed by atoms with Gasteiger partial charge in [-0.15, -0.1) is 6.58 Å². The van der Waals surface area contributed by atoms with Crippen LogP contribution in [0, 0.1) is 0 Å². The molecule has 1 N–H and O–H groups in total. The van der Waals surface area contributed by atoms with Crippen molar-refractivity contribution in [3.63, 3.8) is 0 Å². The Balaban J connectivity index is 1.41. The van der Waals surface area contributed by atoms with Gasteiger partial charge in [-0.05, 0) is 57.0 Å². The minimum atomic E-state index is -2.21. The molecule has 0 unspecified atom stereocenters. The zero-order valence-corrected chi connectivity index (χ0v) is 32.2. The highest BCUT2D eigenvalue weighted by molar-refractivity contribution is 6.74. The molecular formula is C39H58O10Si. The van der Waals surface area contributed by atoms with Gasteiger partial charge < -0.3 is 47.4 Å². The zero-order chi connectivity index (χ0) is 36.3. The predicted molar refractivity (Wildman–Crippen MR) is 192 cm³/mol.